The van der Waals surface area contributed by atoms with E-state index in [4.69, 9.17) is 5.11 Å². The van der Waals surface area contributed by atoms with Crippen LogP contribution in [-0.2, 0) is 11.3 Å². The summed E-state index contributed by atoms with van der Waals surface area (Å²) in [4.78, 5) is 19.9. The van der Waals surface area contributed by atoms with Crippen molar-refractivity contribution in [1.82, 2.24) is 9.88 Å². The van der Waals surface area contributed by atoms with Gasteiger partial charge in [-0.05, 0) is 38.1 Å². The largest absolute Gasteiger partial charge is 0.481 e. The molecule has 5 nitrogen and oxygen atoms in total. The molecular weight excluding hydrogens is 254 g/mol. The predicted molar refractivity (Wildman–Crippen MR) is 78.8 cm³/mol. The topological polar surface area (TPSA) is 56.7 Å². The second kappa shape index (κ2) is 6.70. The van der Waals surface area contributed by atoms with E-state index in [9.17, 15) is 4.79 Å². The van der Waals surface area contributed by atoms with Gasteiger partial charge in [-0.1, -0.05) is 13.0 Å². The van der Waals surface area contributed by atoms with Crippen LogP contribution in [0.25, 0.3) is 0 Å². The summed E-state index contributed by atoms with van der Waals surface area (Å²) < 4.78 is 0. The molecule has 110 valence electrons. The zero-order valence-corrected chi connectivity index (χ0v) is 12.2. The van der Waals surface area contributed by atoms with Gasteiger partial charge in [-0.3, -0.25) is 4.79 Å². The van der Waals surface area contributed by atoms with Crippen LogP contribution in [0, 0.1) is 5.92 Å². The van der Waals surface area contributed by atoms with Gasteiger partial charge in [-0.15, -0.1) is 0 Å². The van der Waals surface area contributed by atoms with Gasteiger partial charge < -0.3 is 14.9 Å². The predicted octanol–water partition coefficient (Wildman–Crippen LogP) is 1.83. The van der Waals surface area contributed by atoms with Crippen LogP contribution in [0.4, 0.5) is 5.82 Å². The summed E-state index contributed by atoms with van der Waals surface area (Å²) >= 11 is 0. The van der Waals surface area contributed by atoms with Gasteiger partial charge >= 0.3 is 5.97 Å². The average Bonchev–Trinajstić information content (AvgIpc) is 2.48. The van der Waals surface area contributed by atoms with Crippen LogP contribution in [0.2, 0.25) is 0 Å². The molecule has 1 aromatic rings. The summed E-state index contributed by atoms with van der Waals surface area (Å²) in [7, 11) is 2.09. The smallest absolute Gasteiger partial charge is 0.306 e. The highest BCUT2D eigenvalue weighted by Gasteiger charge is 2.24. The van der Waals surface area contributed by atoms with Crippen molar-refractivity contribution in [3.8, 4) is 0 Å². The van der Waals surface area contributed by atoms with Gasteiger partial charge in [0.1, 0.15) is 5.82 Å². The highest BCUT2D eigenvalue weighted by Crippen LogP contribution is 2.22. The third kappa shape index (κ3) is 3.70. The lowest BCUT2D eigenvalue weighted by molar-refractivity contribution is -0.142. The second-order valence-corrected chi connectivity index (χ2v) is 5.45. The number of carboxylic acid groups (broad SMARTS) is 1. The minimum absolute atomic E-state index is 0.191. The van der Waals surface area contributed by atoms with Gasteiger partial charge in [0.15, 0.2) is 0 Å². The molecule has 0 amide bonds. The lowest BCUT2D eigenvalue weighted by Crippen LogP contribution is -2.36. The highest BCUT2D eigenvalue weighted by atomic mass is 16.4. The van der Waals surface area contributed by atoms with Crippen LogP contribution in [0.15, 0.2) is 18.3 Å². The van der Waals surface area contributed by atoms with Crippen LogP contribution in [0.3, 0.4) is 0 Å². The van der Waals surface area contributed by atoms with Gasteiger partial charge in [-0.25, -0.2) is 4.98 Å². The van der Waals surface area contributed by atoms with Crippen LogP contribution < -0.4 is 4.90 Å². The fourth-order valence-electron chi connectivity index (χ4n) is 2.48. The van der Waals surface area contributed by atoms with Crippen molar-refractivity contribution in [2.24, 2.45) is 5.92 Å². The molecule has 0 bridgehead atoms. The molecule has 1 saturated heterocycles. The average molecular weight is 277 g/mol. The lowest BCUT2D eigenvalue weighted by atomic mass is 9.97. The van der Waals surface area contributed by atoms with Crippen LogP contribution in [0.5, 0.6) is 0 Å². The van der Waals surface area contributed by atoms with Gasteiger partial charge in [0.2, 0.25) is 0 Å². The quantitative estimate of drug-likeness (QED) is 0.890. The molecule has 2 rings (SSSR count). The molecule has 1 aliphatic rings. The number of hydrogen-bond donors (Lipinski definition) is 1. The molecule has 1 N–H and O–H groups in total. The second-order valence-electron chi connectivity index (χ2n) is 5.45. The maximum Gasteiger partial charge on any atom is 0.306 e. The Hall–Kier alpha value is -1.62. The molecule has 1 aromatic heterocycles. The van der Waals surface area contributed by atoms with E-state index in [2.05, 4.69) is 34.8 Å². The van der Waals surface area contributed by atoms with Crippen molar-refractivity contribution in [3.05, 3.63) is 23.9 Å². The Morgan fingerprint density at radius 2 is 2.15 bits per heavy atom. The van der Waals surface area contributed by atoms with Crippen LogP contribution >= 0.6 is 0 Å². The molecule has 20 heavy (non-hydrogen) atoms. The van der Waals surface area contributed by atoms with E-state index in [1.165, 1.54) is 5.56 Å². The molecule has 0 spiro atoms. The van der Waals surface area contributed by atoms with Crippen LogP contribution in [-0.4, -0.2) is 47.6 Å². The minimum atomic E-state index is -0.671. The SMILES string of the molecule is CCN(C)Cc1ccc(N2CCC(C(=O)O)CC2)nc1. The lowest BCUT2D eigenvalue weighted by Gasteiger charge is -2.31. The Kier molecular flexibility index (Phi) is 4.95. The van der Waals surface area contributed by atoms with Crippen molar-refractivity contribution < 1.29 is 9.90 Å². The zero-order valence-electron chi connectivity index (χ0n) is 12.2. The van der Waals surface area contributed by atoms with E-state index in [1.807, 2.05) is 12.3 Å². The first kappa shape index (κ1) is 14.8. The number of anilines is 1. The Labute approximate surface area is 120 Å². The fraction of sp³-hybridized carbons (Fsp3) is 0.600. The summed E-state index contributed by atoms with van der Waals surface area (Å²) in [5.74, 6) is 0.0935. The van der Waals surface area contributed by atoms with E-state index in [0.29, 0.717) is 12.8 Å². The Morgan fingerprint density at radius 1 is 1.45 bits per heavy atom. The summed E-state index contributed by atoms with van der Waals surface area (Å²) in [5.41, 5.74) is 1.21. The van der Waals surface area contributed by atoms with E-state index >= 15 is 0 Å². The molecule has 0 saturated carbocycles. The molecule has 1 fully saturated rings. The number of pyridine rings is 1. The molecule has 0 aliphatic carbocycles. The first-order valence-corrected chi connectivity index (χ1v) is 7.21. The number of aromatic nitrogens is 1. The molecule has 0 atom stereocenters. The number of nitrogens with zero attached hydrogens (tertiary/aromatic N) is 3. The highest BCUT2D eigenvalue weighted by molar-refractivity contribution is 5.70. The molecule has 0 radical (unpaired) electrons. The van der Waals surface area contributed by atoms with Gasteiger partial charge in [0.05, 0.1) is 5.92 Å². The Balaban J connectivity index is 1.92. The van der Waals surface area contributed by atoms with Gasteiger partial charge in [0.25, 0.3) is 0 Å². The molecular formula is C15H23N3O2. The third-order valence-electron chi connectivity index (χ3n) is 3.97. The van der Waals surface area contributed by atoms with E-state index in [1.54, 1.807) is 0 Å². The normalized spacial score (nSPS) is 16.6. The molecule has 5 heteroatoms. The molecule has 0 aromatic carbocycles. The van der Waals surface area contributed by atoms with Crippen molar-refractivity contribution >= 4 is 11.8 Å². The van der Waals surface area contributed by atoms with Crippen molar-refractivity contribution in [1.29, 1.82) is 0 Å². The molecule has 1 aliphatic heterocycles. The molecule has 2 heterocycles. The van der Waals surface area contributed by atoms with E-state index < -0.39 is 5.97 Å². The standard InChI is InChI=1S/C15H23N3O2/c1-3-17(2)11-12-4-5-14(16-10-12)18-8-6-13(7-9-18)15(19)20/h4-5,10,13H,3,6-9,11H2,1-2H3,(H,19,20). The Bertz CT molecular complexity index is 439. The Morgan fingerprint density at radius 3 is 2.65 bits per heavy atom. The summed E-state index contributed by atoms with van der Waals surface area (Å²) in [6.45, 7) is 5.61. The van der Waals surface area contributed by atoms with Crippen molar-refractivity contribution in [2.75, 3.05) is 31.6 Å². The van der Waals surface area contributed by atoms with Gasteiger partial charge in [-0.2, -0.15) is 0 Å². The van der Waals surface area contributed by atoms with Crippen molar-refractivity contribution in [2.45, 2.75) is 26.3 Å². The number of aliphatic carboxylic acids is 1. The maximum atomic E-state index is 10.9. The van der Waals surface area contributed by atoms with Gasteiger partial charge in [0, 0.05) is 25.8 Å². The minimum Gasteiger partial charge on any atom is -0.481 e. The number of carbonyl (C=O) groups is 1. The van der Waals surface area contributed by atoms with E-state index in [0.717, 1.165) is 32.0 Å². The summed E-state index contributed by atoms with van der Waals surface area (Å²) in [6, 6.07) is 4.15. The zero-order chi connectivity index (χ0) is 14.5. The third-order valence-corrected chi connectivity index (χ3v) is 3.97. The first-order valence-electron chi connectivity index (χ1n) is 7.21. The molecule has 0 unspecified atom stereocenters. The summed E-state index contributed by atoms with van der Waals surface area (Å²) in [6.07, 6.45) is 3.33. The number of hydrogen-bond acceptors (Lipinski definition) is 4. The maximum absolute atomic E-state index is 10.9. The van der Waals surface area contributed by atoms with E-state index in [-0.39, 0.29) is 5.92 Å². The monoisotopic (exact) mass is 277 g/mol. The number of carboxylic acids is 1. The number of piperidine rings is 1. The first-order chi connectivity index (χ1) is 9.60. The van der Waals surface area contributed by atoms with Crippen LogP contribution in [0.1, 0.15) is 25.3 Å². The summed E-state index contributed by atoms with van der Waals surface area (Å²) in [5, 5.41) is 9.00. The number of rotatable bonds is 5. The fourth-order valence-corrected chi connectivity index (χ4v) is 2.48. The van der Waals surface area contributed by atoms with Crippen molar-refractivity contribution in [3.63, 3.8) is 0 Å².